The van der Waals surface area contributed by atoms with Crippen molar-refractivity contribution in [2.75, 3.05) is 6.54 Å². The van der Waals surface area contributed by atoms with E-state index in [0.29, 0.717) is 24.2 Å². The summed E-state index contributed by atoms with van der Waals surface area (Å²) in [7, 11) is 0. The Morgan fingerprint density at radius 2 is 2.21 bits per heavy atom. The molecule has 100 valence electrons. The van der Waals surface area contributed by atoms with Gasteiger partial charge in [0.15, 0.2) is 0 Å². The number of hydrogen-bond donors (Lipinski definition) is 2. The number of hydrogen-bond acceptors (Lipinski definition) is 3. The Kier molecular flexibility index (Phi) is 4.30. The van der Waals surface area contributed by atoms with E-state index in [4.69, 9.17) is 10.2 Å². The maximum Gasteiger partial charge on any atom is 0.248 e. The molecule has 0 spiro atoms. The lowest BCUT2D eigenvalue weighted by molar-refractivity contribution is 0.1000. The largest absolute Gasteiger partial charge is 0.469 e. The fourth-order valence-corrected chi connectivity index (χ4v) is 1.75. The van der Waals surface area contributed by atoms with Gasteiger partial charge in [-0.15, -0.1) is 0 Å². The fraction of sp³-hybridized carbons (Fsp3) is 0.214. The predicted molar refractivity (Wildman–Crippen MR) is 69.0 cm³/mol. The SMILES string of the molecule is NC(=O)c1ccc(F)c(CNCCc2ccco2)c1. The zero-order valence-corrected chi connectivity index (χ0v) is 10.4. The number of carbonyl (C=O) groups is 1. The molecule has 1 aromatic carbocycles. The number of carbonyl (C=O) groups excluding carboxylic acids is 1. The van der Waals surface area contributed by atoms with Crippen LogP contribution in [0, 0.1) is 5.82 Å². The number of nitrogens with two attached hydrogens (primary N) is 1. The summed E-state index contributed by atoms with van der Waals surface area (Å²) >= 11 is 0. The van der Waals surface area contributed by atoms with E-state index in [1.165, 1.54) is 18.2 Å². The second kappa shape index (κ2) is 6.15. The third-order valence-corrected chi connectivity index (χ3v) is 2.77. The predicted octanol–water partition coefficient (Wildman–Crippen LogP) is 1.85. The van der Waals surface area contributed by atoms with Gasteiger partial charge in [-0.2, -0.15) is 0 Å². The molecule has 3 N–H and O–H groups in total. The van der Waals surface area contributed by atoms with Crippen LogP contribution in [0.3, 0.4) is 0 Å². The van der Waals surface area contributed by atoms with E-state index in [0.717, 1.165) is 12.2 Å². The second-order valence-corrected chi connectivity index (χ2v) is 4.18. The number of halogens is 1. The molecule has 4 nitrogen and oxygen atoms in total. The van der Waals surface area contributed by atoms with Crippen molar-refractivity contribution >= 4 is 5.91 Å². The molecule has 1 heterocycles. The number of benzene rings is 1. The molecule has 19 heavy (non-hydrogen) atoms. The highest BCUT2D eigenvalue weighted by Crippen LogP contribution is 2.10. The van der Waals surface area contributed by atoms with Crippen LogP contribution in [0.4, 0.5) is 4.39 Å². The van der Waals surface area contributed by atoms with Gasteiger partial charge in [-0.25, -0.2) is 4.39 Å². The van der Waals surface area contributed by atoms with Gasteiger partial charge in [-0.1, -0.05) is 0 Å². The van der Waals surface area contributed by atoms with Gasteiger partial charge in [0.2, 0.25) is 5.91 Å². The topological polar surface area (TPSA) is 68.3 Å². The molecule has 1 aromatic heterocycles. The van der Waals surface area contributed by atoms with Crippen molar-refractivity contribution in [2.24, 2.45) is 5.73 Å². The Morgan fingerprint density at radius 1 is 1.37 bits per heavy atom. The molecule has 0 saturated heterocycles. The molecule has 1 amide bonds. The van der Waals surface area contributed by atoms with Crippen molar-refractivity contribution in [2.45, 2.75) is 13.0 Å². The average molecular weight is 262 g/mol. The minimum atomic E-state index is -0.558. The van der Waals surface area contributed by atoms with Crippen LogP contribution in [0.25, 0.3) is 0 Å². The first kappa shape index (κ1) is 13.3. The lowest BCUT2D eigenvalue weighted by Gasteiger charge is -2.06. The molecule has 2 aromatic rings. The summed E-state index contributed by atoms with van der Waals surface area (Å²) in [6.45, 7) is 1.00. The van der Waals surface area contributed by atoms with Crippen LogP contribution >= 0.6 is 0 Å². The molecular formula is C14H15FN2O2. The summed E-state index contributed by atoms with van der Waals surface area (Å²) in [5, 5.41) is 3.09. The molecule has 2 rings (SSSR count). The van der Waals surface area contributed by atoms with E-state index in [9.17, 15) is 9.18 Å². The van der Waals surface area contributed by atoms with Gasteiger partial charge in [-0.3, -0.25) is 4.79 Å². The van der Waals surface area contributed by atoms with Crippen LogP contribution in [0.1, 0.15) is 21.7 Å². The monoisotopic (exact) mass is 262 g/mol. The lowest BCUT2D eigenvalue weighted by Crippen LogP contribution is -2.18. The molecule has 0 bridgehead atoms. The zero-order valence-electron chi connectivity index (χ0n) is 10.4. The summed E-state index contributed by atoms with van der Waals surface area (Å²) in [6.07, 6.45) is 2.34. The maximum absolute atomic E-state index is 13.5. The molecule has 0 radical (unpaired) electrons. The van der Waals surface area contributed by atoms with Gasteiger partial charge in [0.25, 0.3) is 0 Å². The summed E-state index contributed by atoms with van der Waals surface area (Å²) < 4.78 is 18.7. The van der Waals surface area contributed by atoms with Crippen molar-refractivity contribution in [3.63, 3.8) is 0 Å². The Bertz CT molecular complexity index is 553. The van der Waals surface area contributed by atoms with E-state index < -0.39 is 5.91 Å². The second-order valence-electron chi connectivity index (χ2n) is 4.18. The molecule has 0 aliphatic carbocycles. The molecular weight excluding hydrogens is 247 g/mol. The highest BCUT2D eigenvalue weighted by atomic mass is 19.1. The van der Waals surface area contributed by atoms with E-state index in [1.807, 2.05) is 12.1 Å². The highest BCUT2D eigenvalue weighted by Gasteiger charge is 2.06. The molecule has 0 aliphatic rings. The smallest absolute Gasteiger partial charge is 0.248 e. The Morgan fingerprint density at radius 3 is 2.89 bits per heavy atom. The van der Waals surface area contributed by atoms with Crippen molar-refractivity contribution in [1.82, 2.24) is 5.32 Å². The van der Waals surface area contributed by atoms with Gasteiger partial charge < -0.3 is 15.5 Å². The van der Waals surface area contributed by atoms with Crippen LogP contribution in [0.15, 0.2) is 41.0 Å². The standard InChI is InChI=1S/C14H15FN2O2/c15-13-4-3-10(14(16)18)8-11(13)9-17-6-5-12-2-1-7-19-12/h1-4,7-8,17H,5-6,9H2,(H2,16,18). The normalized spacial score (nSPS) is 10.6. The van der Waals surface area contributed by atoms with E-state index in [2.05, 4.69) is 5.32 Å². The highest BCUT2D eigenvalue weighted by molar-refractivity contribution is 5.92. The number of nitrogens with one attached hydrogen (secondary N) is 1. The van der Waals surface area contributed by atoms with Crippen LogP contribution in [-0.2, 0) is 13.0 Å². The summed E-state index contributed by atoms with van der Waals surface area (Å²) in [4.78, 5) is 11.0. The first-order valence-electron chi connectivity index (χ1n) is 5.98. The molecule has 0 saturated carbocycles. The third-order valence-electron chi connectivity index (χ3n) is 2.77. The Balaban J connectivity index is 1.88. The first-order valence-corrected chi connectivity index (χ1v) is 5.98. The molecule has 5 heteroatoms. The van der Waals surface area contributed by atoms with Gasteiger partial charge >= 0.3 is 0 Å². The number of rotatable bonds is 6. The van der Waals surface area contributed by atoms with Crippen molar-refractivity contribution in [3.05, 3.63) is 59.3 Å². The maximum atomic E-state index is 13.5. The van der Waals surface area contributed by atoms with Crippen LogP contribution in [0.5, 0.6) is 0 Å². The van der Waals surface area contributed by atoms with Crippen LogP contribution in [0.2, 0.25) is 0 Å². The van der Waals surface area contributed by atoms with Gasteiger partial charge in [0.1, 0.15) is 11.6 Å². The number of furan rings is 1. The van der Waals surface area contributed by atoms with E-state index in [-0.39, 0.29) is 5.82 Å². The van der Waals surface area contributed by atoms with Gasteiger partial charge in [0, 0.05) is 30.6 Å². The first-order chi connectivity index (χ1) is 9.16. The number of primary amides is 1. The van der Waals surface area contributed by atoms with Crippen LogP contribution < -0.4 is 11.1 Å². The number of amides is 1. The van der Waals surface area contributed by atoms with Crippen molar-refractivity contribution in [1.29, 1.82) is 0 Å². The van der Waals surface area contributed by atoms with Gasteiger partial charge in [0.05, 0.1) is 6.26 Å². The van der Waals surface area contributed by atoms with Gasteiger partial charge in [-0.05, 0) is 30.3 Å². The molecule has 0 fully saturated rings. The van der Waals surface area contributed by atoms with Crippen molar-refractivity contribution < 1.29 is 13.6 Å². The molecule has 0 unspecified atom stereocenters. The Hall–Kier alpha value is -2.14. The lowest BCUT2D eigenvalue weighted by atomic mass is 10.1. The average Bonchev–Trinajstić information content (AvgIpc) is 2.89. The van der Waals surface area contributed by atoms with E-state index in [1.54, 1.807) is 6.26 Å². The van der Waals surface area contributed by atoms with E-state index >= 15 is 0 Å². The minimum absolute atomic E-state index is 0.309. The molecule has 0 aliphatic heterocycles. The minimum Gasteiger partial charge on any atom is -0.469 e. The third kappa shape index (κ3) is 3.66. The summed E-state index contributed by atoms with van der Waals surface area (Å²) in [6, 6.07) is 7.81. The summed E-state index contributed by atoms with van der Waals surface area (Å²) in [5.74, 6) is -0.0359. The van der Waals surface area contributed by atoms with Crippen molar-refractivity contribution in [3.8, 4) is 0 Å². The Labute approximate surface area is 110 Å². The summed E-state index contributed by atoms with van der Waals surface area (Å²) in [5.41, 5.74) is 5.89. The quantitative estimate of drug-likeness (QED) is 0.781. The zero-order chi connectivity index (χ0) is 13.7. The van der Waals surface area contributed by atoms with Crippen LogP contribution in [-0.4, -0.2) is 12.5 Å². The fourth-order valence-electron chi connectivity index (χ4n) is 1.75. The molecule has 0 atom stereocenters.